The van der Waals surface area contributed by atoms with Crippen molar-refractivity contribution in [2.24, 2.45) is 0 Å². The Morgan fingerprint density at radius 2 is 2.11 bits per heavy atom. The van der Waals surface area contributed by atoms with Crippen molar-refractivity contribution >= 4 is 29.1 Å². The fraction of sp³-hybridized carbons (Fsp3) is 0.250. The minimum absolute atomic E-state index is 0.00478. The maximum absolute atomic E-state index is 14.0. The largest absolute Gasteiger partial charge is 0.399 e. The molecule has 4 N–H and O–H groups in total. The first kappa shape index (κ1) is 16.7. The number of nitrogen functional groups attached to an aromatic ring is 1. The molecule has 0 spiro atoms. The van der Waals surface area contributed by atoms with E-state index in [1.54, 1.807) is 18.2 Å². The van der Waals surface area contributed by atoms with E-state index in [-0.39, 0.29) is 25.9 Å². The molecule has 0 aliphatic carbocycles. The lowest BCUT2D eigenvalue weighted by molar-refractivity contribution is -0.136. The SMILES string of the molecule is [2H][C@]1(N2Cc3c(NCc4cc(N)ccc4F)cccc3C2=O)CCC(=O)NC1=O. The molecular formula is C20H19FN4O3. The Morgan fingerprint density at radius 1 is 1.29 bits per heavy atom. The maximum Gasteiger partial charge on any atom is 0.255 e. The zero-order valence-corrected chi connectivity index (χ0v) is 14.9. The number of nitrogens with two attached hydrogens (primary N) is 1. The number of imide groups is 1. The molecule has 2 heterocycles. The summed E-state index contributed by atoms with van der Waals surface area (Å²) in [5.41, 5.74) is 8.14. The van der Waals surface area contributed by atoms with Crippen LogP contribution in [-0.4, -0.2) is 28.6 Å². The zero-order valence-electron chi connectivity index (χ0n) is 15.9. The van der Waals surface area contributed by atoms with E-state index in [1.165, 1.54) is 23.1 Å². The summed E-state index contributed by atoms with van der Waals surface area (Å²) < 4.78 is 22.5. The average Bonchev–Trinajstić information content (AvgIpc) is 3.04. The average molecular weight is 383 g/mol. The molecule has 2 aromatic rings. The summed E-state index contributed by atoms with van der Waals surface area (Å²) in [6.45, 7) is 0.199. The number of halogens is 1. The normalized spacial score (nSPS) is 22.0. The van der Waals surface area contributed by atoms with Crippen LogP contribution in [0, 0.1) is 5.82 Å². The van der Waals surface area contributed by atoms with E-state index < -0.39 is 29.6 Å². The van der Waals surface area contributed by atoms with Gasteiger partial charge in [-0.3, -0.25) is 19.7 Å². The van der Waals surface area contributed by atoms with E-state index in [0.29, 0.717) is 28.1 Å². The van der Waals surface area contributed by atoms with Gasteiger partial charge in [-0.05, 0) is 36.8 Å². The van der Waals surface area contributed by atoms with Crippen LogP contribution < -0.4 is 16.4 Å². The number of carbonyl (C=O) groups is 3. The lowest BCUT2D eigenvalue weighted by atomic mass is 10.0. The van der Waals surface area contributed by atoms with Crippen molar-refractivity contribution in [3.8, 4) is 0 Å². The third kappa shape index (κ3) is 3.17. The van der Waals surface area contributed by atoms with Crippen LogP contribution in [0.5, 0.6) is 0 Å². The van der Waals surface area contributed by atoms with E-state index in [9.17, 15) is 18.8 Å². The monoisotopic (exact) mass is 383 g/mol. The Hall–Kier alpha value is -3.42. The molecule has 0 bridgehead atoms. The molecule has 1 fully saturated rings. The van der Waals surface area contributed by atoms with Crippen LogP contribution in [0.3, 0.4) is 0 Å². The van der Waals surface area contributed by atoms with Crippen LogP contribution in [0.15, 0.2) is 36.4 Å². The summed E-state index contributed by atoms with van der Waals surface area (Å²) in [6.07, 6.45) is -0.0656. The third-order valence-electron chi connectivity index (χ3n) is 4.94. The van der Waals surface area contributed by atoms with Crippen LogP contribution in [0.2, 0.25) is 0 Å². The van der Waals surface area contributed by atoms with Crippen LogP contribution in [0.4, 0.5) is 15.8 Å². The molecule has 2 aliphatic rings. The Bertz CT molecular complexity index is 1040. The number of anilines is 2. The van der Waals surface area contributed by atoms with Gasteiger partial charge in [-0.15, -0.1) is 0 Å². The summed E-state index contributed by atoms with van der Waals surface area (Å²) in [5.74, 6) is -2.09. The highest BCUT2D eigenvalue weighted by Crippen LogP contribution is 2.32. The Labute approximate surface area is 162 Å². The maximum atomic E-state index is 14.0. The summed E-state index contributed by atoms with van der Waals surface area (Å²) in [4.78, 5) is 37.8. The third-order valence-corrected chi connectivity index (χ3v) is 4.94. The van der Waals surface area contributed by atoms with Gasteiger partial charge in [0.05, 0.1) is 1.37 Å². The lowest BCUT2D eigenvalue weighted by Gasteiger charge is -2.29. The predicted octanol–water partition coefficient (Wildman–Crippen LogP) is 1.78. The number of nitrogens with zero attached hydrogens (tertiary/aromatic N) is 1. The van der Waals surface area contributed by atoms with Gasteiger partial charge in [-0.1, -0.05) is 6.07 Å². The Balaban J connectivity index is 1.59. The van der Waals surface area contributed by atoms with E-state index in [0.717, 1.165) is 0 Å². The van der Waals surface area contributed by atoms with Crippen molar-refractivity contribution in [1.29, 1.82) is 0 Å². The van der Waals surface area contributed by atoms with Crippen molar-refractivity contribution in [2.45, 2.75) is 31.9 Å². The van der Waals surface area contributed by atoms with Crippen LogP contribution in [0.25, 0.3) is 0 Å². The van der Waals surface area contributed by atoms with Crippen molar-refractivity contribution < 1.29 is 20.1 Å². The fourth-order valence-corrected chi connectivity index (χ4v) is 3.50. The highest BCUT2D eigenvalue weighted by atomic mass is 19.1. The van der Waals surface area contributed by atoms with Crippen molar-refractivity contribution in [3.63, 3.8) is 0 Å². The Morgan fingerprint density at radius 3 is 2.89 bits per heavy atom. The molecule has 0 radical (unpaired) electrons. The molecule has 0 saturated carbocycles. The van der Waals surface area contributed by atoms with Crippen molar-refractivity contribution in [2.75, 3.05) is 11.1 Å². The highest BCUT2D eigenvalue weighted by Gasteiger charge is 2.39. The van der Waals surface area contributed by atoms with Gasteiger partial charge in [0, 0.05) is 47.6 Å². The van der Waals surface area contributed by atoms with Crippen LogP contribution in [-0.2, 0) is 22.7 Å². The second-order valence-electron chi connectivity index (χ2n) is 6.75. The minimum Gasteiger partial charge on any atom is -0.399 e. The van der Waals surface area contributed by atoms with E-state index in [1.807, 2.05) is 0 Å². The quantitative estimate of drug-likeness (QED) is 0.551. The molecule has 4 rings (SSSR count). The first-order valence-electron chi connectivity index (χ1n) is 9.35. The molecule has 1 atom stereocenters. The summed E-state index contributed by atoms with van der Waals surface area (Å²) in [7, 11) is 0. The first-order chi connectivity index (χ1) is 13.8. The second-order valence-corrected chi connectivity index (χ2v) is 6.75. The molecule has 0 unspecified atom stereocenters. The number of fused-ring (bicyclic) bond motifs is 1. The molecule has 0 aromatic heterocycles. The number of piperidine rings is 1. The van der Waals surface area contributed by atoms with Gasteiger partial charge >= 0.3 is 0 Å². The second kappa shape index (κ2) is 6.95. The summed E-state index contributed by atoms with van der Waals surface area (Å²) >= 11 is 0. The van der Waals surface area contributed by atoms with Gasteiger partial charge in [0.25, 0.3) is 5.91 Å². The molecule has 3 amide bonds. The van der Waals surface area contributed by atoms with E-state index in [4.69, 9.17) is 7.10 Å². The van der Waals surface area contributed by atoms with Gasteiger partial charge in [0.1, 0.15) is 11.8 Å². The van der Waals surface area contributed by atoms with Crippen molar-refractivity contribution in [3.05, 3.63) is 58.9 Å². The minimum atomic E-state index is -1.85. The highest BCUT2D eigenvalue weighted by molar-refractivity contribution is 6.06. The molecule has 8 heteroatoms. The fourth-order valence-electron chi connectivity index (χ4n) is 3.50. The number of rotatable bonds is 4. The molecule has 7 nitrogen and oxygen atoms in total. The van der Waals surface area contributed by atoms with Gasteiger partial charge in [-0.2, -0.15) is 0 Å². The molecule has 2 aromatic carbocycles. The number of amides is 3. The summed E-state index contributed by atoms with van der Waals surface area (Å²) in [6, 6.07) is 7.51. The molecular weight excluding hydrogens is 363 g/mol. The summed E-state index contributed by atoms with van der Waals surface area (Å²) in [5, 5.41) is 5.25. The van der Waals surface area contributed by atoms with E-state index >= 15 is 0 Å². The standard InChI is InChI=1S/C20H19FN4O3/c21-15-5-4-12(22)8-11(15)9-23-16-3-1-2-13-14(16)10-25(20(13)28)17-6-7-18(26)24-19(17)27/h1-5,8,17,23H,6-7,9-10,22H2,(H,24,26,27)/t17-/m0/s1/i17D. The molecule has 144 valence electrons. The van der Waals surface area contributed by atoms with E-state index in [2.05, 4.69) is 10.6 Å². The number of carbonyl (C=O) groups excluding carboxylic acids is 3. The number of hydrogen-bond acceptors (Lipinski definition) is 5. The smallest absolute Gasteiger partial charge is 0.255 e. The number of nitrogens with one attached hydrogen (secondary N) is 2. The van der Waals surface area contributed by atoms with Gasteiger partial charge < -0.3 is 16.0 Å². The molecule has 2 aliphatic heterocycles. The first-order valence-corrected chi connectivity index (χ1v) is 8.85. The molecule has 1 saturated heterocycles. The predicted molar refractivity (Wildman–Crippen MR) is 101 cm³/mol. The lowest BCUT2D eigenvalue weighted by Crippen LogP contribution is -2.52. The Kier molecular flexibility index (Phi) is 4.16. The van der Waals surface area contributed by atoms with Crippen molar-refractivity contribution in [1.82, 2.24) is 10.2 Å². The van der Waals surface area contributed by atoms with Crippen LogP contribution >= 0.6 is 0 Å². The van der Waals surface area contributed by atoms with Crippen LogP contribution in [0.1, 0.15) is 35.7 Å². The number of hydrogen-bond donors (Lipinski definition) is 3. The topological polar surface area (TPSA) is 105 Å². The zero-order chi connectivity index (χ0) is 20.8. The van der Waals surface area contributed by atoms with Gasteiger partial charge in [-0.25, -0.2) is 4.39 Å². The number of benzene rings is 2. The van der Waals surface area contributed by atoms with Gasteiger partial charge in [0.15, 0.2) is 0 Å². The molecule has 28 heavy (non-hydrogen) atoms. The van der Waals surface area contributed by atoms with Gasteiger partial charge in [0.2, 0.25) is 11.8 Å².